The van der Waals surface area contributed by atoms with Crippen molar-refractivity contribution < 1.29 is 9.59 Å². The number of aromatic nitrogens is 2. The van der Waals surface area contributed by atoms with Crippen LogP contribution in [-0.2, 0) is 0 Å². The van der Waals surface area contributed by atoms with Gasteiger partial charge >= 0.3 is 0 Å². The lowest BCUT2D eigenvalue weighted by molar-refractivity contribution is 0.0926. The number of hydrogen-bond donors (Lipinski definition) is 0. The summed E-state index contributed by atoms with van der Waals surface area (Å²) in [7, 11) is 1.91. The maximum atomic E-state index is 13.1. The monoisotopic (exact) mass is 524 g/mol. The van der Waals surface area contributed by atoms with Gasteiger partial charge in [-0.2, -0.15) is 0 Å². The third-order valence-electron chi connectivity index (χ3n) is 5.11. The Morgan fingerprint density at radius 3 is 2.17 bits per heavy atom. The minimum absolute atomic E-state index is 0.335. The molecule has 0 radical (unpaired) electrons. The summed E-state index contributed by atoms with van der Waals surface area (Å²) in [5.41, 5.74) is 3.57. The maximum Gasteiger partial charge on any atom is 0.266 e. The zero-order valence-electron chi connectivity index (χ0n) is 15.7. The van der Waals surface area contributed by atoms with E-state index in [9.17, 15) is 9.59 Å². The Balaban J connectivity index is 1.64. The first kappa shape index (κ1) is 19.0. The lowest BCUT2D eigenvalue weighted by Gasteiger charge is -2.22. The van der Waals surface area contributed by atoms with E-state index in [4.69, 9.17) is 0 Å². The smallest absolute Gasteiger partial charge is 0.266 e. The number of amides is 2. The number of carbonyl (C=O) groups is 2. The van der Waals surface area contributed by atoms with E-state index >= 15 is 0 Å². The van der Waals surface area contributed by atoms with Gasteiger partial charge < -0.3 is 0 Å². The molecule has 1 aliphatic heterocycles. The largest absolute Gasteiger partial charge is 0.282 e. The van der Waals surface area contributed by atoms with Gasteiger partial charge in [-0.05, 0) is 64.5 Å². The van der Waals surface area contributed by atoms with E-state index in [1.807, 2.05) is 47.1 Å². The fraction of sp³-hybridized carbons (Fsp3) is 0.0455. The number of anilines is 2. The first-order valence-electron chi connectivity index (χ1n) is 9.11. The fourth-order valence-electron chi connectivity index (χ4n) is 3.64. The lowest BCUT2D eigenvalue weighted by atomic mass is 10.1. The fourth-order valence-corrected chi connectivity index (χ4v) is 4.52. The predicted octanol–water partition coefficient (Wildman–Crippen LogP) is 5.26. The summed E-state index contributed by atoms with van der Waals surface area (Å²) in [4.78, 5) is 31.8. The van der Waals surface area contributed by atoms with Gasteiger partial charge in [-0.1, -0.05) is 34.1 Å². The molecule has 4 aromatic rings. The second kappa shape index (κ2) is 7.07. The van der Waals surface area contributed by atoms with Crippen LogP contribution >= 0.6 is 31.9 Å². The first-order chi connectivity index (χ1) is 14.5. The number of benzene rings is 3. The second-order valence-corrected chi connectivity index (χ2v) is 8.49. The van der Waals surface area contributed by atoms with Crippen LogP contribution in [0.4, 0.5) is 11.4 Å². The molecule has 3 aromatic carbocycles. The van der Waals surface area contributed by atoms with Gasteiger partial charge in [0.2, 0.25) is 0 Å². The van der Waals surface area contributed by atoms with E-state index in [-0.39, 0.29) is 11.8 Å². The highest BCUT2D eigenvalue weighted by Gasteiger charge is 2.37. The summed E-state index contributed by atoms with van der Waals surface area (Å²) in [6.45, 7) is 0. The molecular weight excluding hydrogens is 512 g/mol. The van der Waals surface area contributed by atoms with Crippen molar-refractivity contribution in [3.05, 3.63) is 87.1 Å². The molecule has 0 unspecified atom stereocenters. The highest BCUT2D eigenvalue weighted by atomic mass is 79.9. The third-order valence-corrected chi connectivity index (χ3v) is 6.15. The van der Waals surface area contributed by atoms with Crippen LogP contribution in [0.1, 0.15) is 20.7 Å². The van der Waals surface area contributed by atoms with Gasteiger partial charge in [0, 0.05) is 11.5 Å². The van der Waals surface area contributed by atoms with E-state index in [1.54, 1.807) is 36.4 Å². The zero-order valence-corrected chi connectivity index (χ0v) is 18.9. The van der Waals surface area contributed by atoms with Crippen LogP contribution in [0.3, 0.4) is 0 Å². The third kappa shape index (κ3) is 2.86. The first-order valence-corrected chi connectivity index (χ1v) is 10.7. The molecule has 30 heavy (non-hydrogen) atoms. The molecule has 6 nitrogen and oxygen atoms in total. The Kier molecular flexibility index (Phi) is 4.48. The topological polar surface area (TPSA) is 58.4 Å². The number of halogens is 2. The Bertz CT molecular complexity index is 1320. The van der Waals surface area contributed by atoms with Gasteiger partial charge in [0.05, 0.1) is 33.5 Å². The number of carbonyl (C=O) groups excluding carboxylic acids is 2. The number of imide groups is 1. The van der Waals surface area contributed by atoms with Crippen LogP contribution in [0.5, 0.6) is 0 Å². The van der Waals surface area contributed by atoms with Crippen LogP contribution in [0.2, 0.25) is 0 Å². The SMILES string of the molecule is CN(c1ccc(Br)cc1)n1c(Br)nc2cc3c(cc21)C(=O)N(c1ccccc1)C3=O. The Labute approximate surface area is 189 Å². The van der Waals surface area contributed by atoms with Crippen molar-refractivity contribution in [2.45, 2.75) is 0 Å². The summed E-state index contributed by atoms with van der Waals surface area (Å²) in [5, 5.41) is 1.93. The number of rotatable bonds is 3. The quantitative estimate of drug-likeness (QED) is 0.342. The average Bonchev–Trinajstić information content (AvgIpc) is 3.20. The van der Waals surface area contributed by atoms with Gasteiger partial charge in [-0.25, -0.2) is 14.6 Å². The molecule has 0 aliphatic carbocycles. The lowest BCUT2D eigenvalue weighted by Crippen LogP contribution is -2.29. The van der Waals surface area contributed by atoms with Crippen molar-refractivity contribution in [3.63, 3.8) is 0 Å². The second-order valence-electron chi connectivity index (χ2n) is 6.86. The van der Waals surface area contributed by atoms with Crippen molar-refractivity contribution in [1.82, 2.24) is 9.66 Å². The van der Waals surface area contributed by atoms with Gasteiger partial charge in [0.1, 0.15) is 0 Å². The number of nitrogens with zero attached hydrogens (tertiary/aromatic N) is 4. The van der Waals surface area contributed by atoms with Crippen molar-refractivity contribution in [3.8, 4) is 0 Å². The standard InChI is InChI=1S/C22H14Br2N4O2/c1-26(14-9-7-13(23)8-10-14)28-19-12-17-16(11-18(19)25-22(28)24)20(29)27(21(17)30)15-5-3-2-4-6-15/h2-12H,1H3. The minimum Gasteiger partial charge on any atom is -0.282 e. The minimum atomic E-state index is -0.338. The molecule has 1 aliphatic rings. The normalized spacial score (nSPS) is 13.2. The molecule has 0 spiro atoms. The number of imidazole rings is 1. The van der Waals surface area contributed by atoms with Crippen LogP contribution in [0.15, 0.2) is 75.9 Å². The van der Waals surface area contributed by atoms with Crippen molar-refractivity contribution in [1.29, 1.82) is 0 Å². The Morgan fingerprint density at radius 1 is 0.867 bits per heavy atom. The summed E-state index contributed by atoms with van der Waals surface area (Å²) in [6.07, 6.45) is 0. The molecule has 0 saturated carbocycles. The number of para-hydroxylation sites is 1. The molecule has 0 fully saturated rings. The van der Waals surface area contributed by atoms with Gasteiger partial charge in [-0.15, -0.1) is 0 Å². The average molecular weight is 526 g/mol. The Hall–Kier alpha value is -2.97. The van der Waals surface area contributed by atoms with Crippen LogP contribution in [0.25, 0.3) is 11.0 Å². The molecule has 0 atom stereocenters. The zero-order chi connectivity index (χ0) is 21.0. The molecule has 148 valence electrons. The number of fused-ring (bicyclic) bond motifs is 2. The molecule has 5 rings (SSSR count). The maximum absolute atomic E-state index is 13.1. The molecule has 0 N–H and O–H groups in total. The highest BCUT2D eigenvalue weighted by molar-refractivity contribution is 9.10. The van der Waals surface area contributed by atoms with Crippen molar-refractivity contribution >= 4 is 66.1 Å². The van der Waals surface area contributed by atoms with Gasteiger partial charge in [0.15, 0.2) is 4.73 Å². The molecule has 2 heterocycles. The van der Waals surface area contributed by atoms with Gasteiger partial charge in [0.25, 0.3) is 11.8 Å². The van der Waals surface area contributed by atoms with Gasteiger partial charge in [-0.3, -0.25) is 14.6 Å². The van der Waals surface area contributed by atoms with E-state index < -0.39 is 0 Å². The highest BCUT2D eigenvalue weighted by Crippen LogP contribution is 2.33. The molecule has 0 saturated heterocycles. The molecular formula is C22H14Br2N4O2. The van der Waals surface area contributed by atoms with Crippen LogP contribution in [-0.4, -0.2) is 28.5 Å². The summed E-state index contributed by atoms with van der Waals surface area (Å²) in [6, 6.07) is 20.2. The van der Waals surface area contributed by atoms with Crippen molar-refractivity contribution in [2.75, 3.05) is 17.0 Å². The Morgan fingerprint density at radius 2 is 1.50 bits per heavy atom. The molecule has 1 aromatic heterocycles. The van der Waals surface area contributed by atoms with E-state index in [0.29, 0.717) is 27.1 Å². The summed E-state index contributed by atoms with van der Waals surface area (Å²) >= 11 is 6.96. The summed E-state index contributed by atoms with van der Waals surface area (Å²) < 4.78 is 3.42. The molecule has 2 amide bonds. The van der Waals surface area contributed by atoms with E-state index in [1.165, 1.54) is 4.90 Å². The predicted molar refractivity (Wildman–Crippen MR) is 123 cm³/mol. The van der Waals surface area contributed by atoms with E-state index in [0.717, 1.165) is 15.7 Å². The van der Waals surface area contributed by atoms with Crippen LogP contribution < -0.4 is 9.91 Å². The summed E-state index contributed by atoms with van der Waals surface area (Å²) in [5.74, 6) is -0.673. The van der Waals surface area contributed by atoms with E-state index in [2.05, 4.69) is 36.8 Å². The number of hydrogen-bond acceptors (Lipinski definition) is 4. The molecule has 0 bridgehead atoms. The van der Waals surface area contributed by atoms with Crippen molar-refractivity contribution in [2.24, 2.45) is 0 Å². The van der Waals surface area contributed by atoms with Crippen LogP contribution in [0, 0.1) is 0 Å². The molecule has 8 heteroatoms.